The van der Waals surface area contributed by atoms with Gasteiger partial charge in [0.15, 0.2) is 0 Å². The molecule has 5 heteroatoms. The second kappa shape index (κ2) is 3.42. The highest BCUT2D eigenvalue weighted by atomic mass is 16.5. The Hall–Kier alpha value is -1.26. The lowest BCUT2D eigenvalue weighted by Gasteiger charge is -2.37. The predicted molar refractivity (Wildman–Crippen MR) is 41.6 cm³/mol. The second-order valence-corrected chi connectivity index (χ2v) is 2.77. The zero-order valence-electron chi connectivity index (χ0n) is 7.16. The molecular weight excluding hydrogens is 160 g/mol. The van der Waals surface area contributed by atoms with Crippen LogP contribution in [0.25, 0.3) is 0 Å². The molecule has 0 aliphatic carbocycles. The molecule has 1 N–H and O–H groups in total. The summed E-state index contributed by atoms with van der Waals surface area (Å²) in [5.74, 6) is -0.0653. The Morgan fingerprint density at radius 1 is 1.50 bits per heavy atom. The average molecular weight is 172 g/mol. The van der Waals surface area contributed by atoms with Gasteiger partial charge in [-0.3, -0.25) is 4.79 Å². The third-order valence-electron chi connectivity index (χ3n) is 1.72. The number of carbonyl (C=O) groups is 2. The number of rotatable bonds is 1. The molecule has 0 bridgehead atoms. The first kappa shape index (κ1) is 8.83. The Morgan fingerprint density at radius 3 is 2.50 bits per heavy atom. The number of nitrogens with zero attached hydrogens (tertiary/aromatic N) is 1. The summed E-state index contributed by atoms with van der Waals surface area (Å²) in [5.41, 5.74) is 0. The first-order valence-corrected chi connectivity index (χ1v) is 3.73. The zero-order valence-corrected chi connectivity index (χ0v) is 7.16. The minimum absolute atomic E-state index is 0.0653. The number of likely N-dealkylation sites (tertiary alicyclic amines) is 1. The normalized spacial score (nSPS) is 16.7. The maximum atomic E-state index is 10.8. The maximum Gasteiger partial charge on any atom is 0.409 e. The summed E-state index contributed by atoms with van der Waals surface area (Å²) in [6.45, 7) is 2.55. The Morgan fingerprint density at radius 2 is 2.08 bits per heavy atom. The standard InChI is InChI=1S/C7H12N2O3/c1-5(10)8-6-3-9(4-6)7(11)12-2/h6H,3-4H2,1-2H3,(H,8,10). The van der Waals surface area contributed by atoms with Crippen LogP contribution in [0.5, 0.6) is 0 Å². The molecule has 0 spiro atoms. The van der Waals surface area contributed by atoms with Gasteiger partial charge < -0.3 is 15.0 Å². The lowest BCUT2D eigenvalue weighted by atomic mass is 10.1. The van der Waals surface area contributed by atoms with Gasteiger partial charge in [-0.15, -0.1) is 0 Å². The van der Waals surface area contributed by atoms with E-state index in [2.05, 4.69) is 10.1 Å². The monoisotopic (exact) mass is 172 g/mol. The number of methoxy groups -OCH3 is 1. The van der Waals surface area contributed by atoms with Crippen molar-refractivity contribution in [3.05, 3.63) is 0 Å². The van der Waals surface area contributed by atoms with Crippen LogP contribution in [0, 0.1) is 0 Å². The van der Waals surface area contributed by atoms with Gasteiger partial charge in [-0.05, 0) is 0 Å². The molecule has 0 atom stereocenters. The van der Waals surface area contributed by atoms with Gasteiger partial charge in [0, 0.05) is 20.0 Å². The van der Waals surface area contributed by atoms with E-state index in [9.17, 15) is 9.59 Å². The molecule has 1 rings (SSSR count). The Labute approximate surface area is 70.7 Å². The first-order chi connectivity index (χ1) is 5.63. The molecule has 12 heavy (non-hydrogen) atoms. The van der Waals surface area contributed by atoms with E-state index in [0.29, 0.717) is 13.1 Å². The molecule has 0 saturated carbocycles. The van der Waals surface area contributed by atoms with Crippen molar-refractivity contribution in [2.45, 2.75) is 13.0 Å². The molecule has 1 heterocycles. The summed E-state index contributed by atoms with van der Waals surface area (Å²) >= 11 is 0. The van der Waals surface area contributed by atoms with Crippen LogP contribution < -0.4 is 5.32 Å². The molecule has 2 amide bonds. The van der Waals surface area contributed by atoms with E-state index < -0.39 is 0 Å². The minimum Gasteiger partial charge on any atom is -0.453 e. The number of ether oxygens (including phenoxy) is 1. The number of hydrogen-bond donors (Lipinski definition) is 1. The fourth-order valence-corrected chi connectivity index (χ4v) is 1.14. The summed E-state index contributed by atoms with van der Waals surface area (Å²) in [6.07, 6.45) is -0.336. The van der Waals surface area contributed by atoms with Crippen LogP contribution in [-0.2, 0) is 9.53 Å². The molecule has 1 aliphatic heterocycles. The van der Waals surface area contributed by atoms with Gasteiger partial charge in [0.25, 0.3) is 0 Å². The molecule has 0 aromatic rings. The lowest BCUT2D eigenvalue weighted by molar-refractivity contribution is -0.120. The highest BCUT2D eigenvalue weighted by molar-refractivity contribution is 5.74. The molecule has 68 valence electrons. The quantitative estimate of drug-likeness (QED) is 0.584. The van der Waals surface area contributed by atoms with E-state index in [1.165, 1.54) is 18.9 Å². The number of hydrogen-bond acceptors (Lipinski definition) is 3. The van der Waals surface area contributed by atoms with Gasteiger partial charge in [-0.25, -0.2) is 4.79 Å². The van der Waals surface area contributed by atoms with Crippen LogP contribution in [-0.4, -0.2) is 43.1 Å². The third-order valence-corrected chi connectivity index (χ3v) is 1.72. The largest absolute Gasteiger partial charge is 0.453 e. The van der Waals surface area contributed by atoms with Crippen molar-refractivity contribution in [2.75, 3.05) is 20.2 Å². The van der Waals surface area contributed by atoms with Crippen molar-refractivity contribution in [1.29, 1.82) is 0 Å². The first-order valence-electron chi connectivity index (χ1n) is 3.73. The van der Waals surface area contributed by atoms with Crippen LogP contribution in [0.2, 0.25) is 0 Å². The molecule has 1 saturated heterocycles. The van der Waals surface area contributed by atoms with Gasteiger partial charge in [-0.2, -0.15) is 0 Å². The van der Waals surface area contributed by atoms with Gasteiger partial charge >= 0.3 is 6.09 Å². The Balaban J connectivity index is 2.20. The van der Waals surface area contributed by atoms with Crippen LogP contribution in [0.15, 0.2) is 0 Å². The van der Waals surface area contributed by atoms with E-state index in [1.807, 2.05) is 0 Å². The van der Waals surface area contributed by atoms with Crippen molar-refractivity contribution in [1.82, 2.24) is 10.2 Å². The SMILES string of the molecule is COC(=O)N1CC(NC(C)=O)C1. The van der Waals surface area contributed by atoms with Crippen LogP contribution in [0.1, 0.15) is 6.92 Å². The molecule has 0 aromatic heterocycles. The van der Waals surface area contributed by atoms with Crippen molar-refractivity contribution in [2.24, 2.45) is 0 Å². The summed E-state index contributed by atoms with van der Waals surface area (Å²) < 4.78 is 4.48. The van der Waals surface area contributed by atoms with E-state index in [1.54, 1.807) is 0 Å². The van der Waals surface area contributed by atoms with E-state index in [4.69, 9.17) is 0 Å². The highest BCUT2D eigenvalue weighted by Gasteiger charge is 2.31. The number of nitrogens with one attached hydrogen (secondary N) is 1. The maximum absolute atomic E-state index is 10.8. The second-order valence-electron chi connectivity index (χ2n) is 2.77. The van der Waals surface area contributed by atoms with Crippen LogP contribution in [0.3, 0.4) is 0 Å². The zero-order chi connectivity index (χ0) is 9.14. The molecule has 1 aliphatic rings. The lowest BCUT2D eigenvalue weighted by Crippen LogP contribution is -2.60. The van der Waals surface area contributed by atoms with E-state index >= 15 is 0 Å². The van der Waals surface area contributed by atoms with Crippen molar-refractivity contribution in [3.8, 4) is 0 Å². The number of carbonyl (C=O) groups excluding carboxylic acids is 2. The molecule has 5 nitrogen and oxygen atoms in total. The van der Waals surface area contributed by atoms with E-state index in [-0.39, 0.29) is 18.0 Å². The third kappa shape index (κ3) is 1.87. The topological polar surface area (TPSA) is 58.6 Å². The number of amides is 2. The van der Waals surface area contributed by atoms with E-state index in [0.717, 1.165) is 0 Å². The summed E-state index contributed by atoms with van der Waals surface area (Å²) in [7, 11) is 1.34. The predicted octanol–water partition coefficient (Wildman–Crippen LogP) is -0.427. The smallest absolute Gasteiger partial charge is 0.409 e. The Bertz CT molecular complexity index is 199. The molecule has 0 aromatic carbocycles. The van der Waals surface area contributed by atoms with Crippen LogP contribution >= 0.6 is 0 Å². The molecule has 0 unspecified atom stereocenters. The van der Waals surface area contributed by atoms with Gasteiger partial charge in [0.1, 0.15) is 0 Å². The van der Waals surface area contributed by atoms with Crippen LogP contribution in [0.4, 0.5) is 4.79 Å². The van der Waals surface area contributed by atoms with Gasteiger partial charge in [0.05, 0.1) is 13.2 Å². The Kier molecular flexibility index (Phi) is 2.52. The molecule has 1 fully saturated rings. The highest BCUT2D eigenvalue weighted by Crippen LogP contribution is 2.08. The van der Waals surface area contributed by atoms with Crippen molar-refractivity contribution >= 4 is 12.0 Å². The fraction of sp³-hybridized carbons (Fsp3) is 0.714. The molecular formula is C7H12N2O3. The van der Waals surface area contributed by atoms with Crippen molar-refractivity contribution < 1.29 is 14.3 Å². The fourth-order valence-electron chi connectivity index (χ4n) is 1.14. The minimum atomic E-state index is -0.336. The van der Waals surface area contributed by atoms with Gasteiger partial charge in [0.2, 0.25) is 5.91 Å². The average Bonchev–Trinajstić information content (AvgIpc) is 1.94. The van der Waals surface area contributed by atoms with Gasteiger partial charge in [-0.1, -0.05) is 0 Å². The summed E-state index contributed by atoms with van der Waals surface area (Å²) in [4.78, 5) is 22.9. The summed E-state index contributed by atoms with van der Waals surface area (Å²) in [6, 6.07) is 0.0987. The summed E-state index contributed by atoms with van der Waals surface area (Å²) in [5, 5.41) is 2.70. The molecule has 0 radical (unpaired) electrons. The van der Waals surface area contributed by atoms with Crippen molar-refractivity contribution in [3.63, 3.8) is 0 Å².